The predicted octanol–water partition coefficient (Wildman–Crippen LogP) is -0.428. The summed E-state index contributed by atoms with van der Waals surface area (Å²) < 4.78 is 30.8. The molecule has 4 N–H and O–H groups in total. The molecule has 1 aliphatic heterocycles. The minimum atomic E-state index is -3.48. The van der Waals surface area contributed by atoms with Crippen LogP contribution in [0.1, 0.15) is 22.3 Å². The second-order valence-electron chi connectivity index (χ2n) is 7.74. The van der Waals surface area contributed by atoms with Crippen molar-refractivity contribution < 1.29 is 35.7 Å². The summed E-state index contributed by atoms with van der Waals surface area (Å²) in [6.07, 6.45) is 0. The Kier molecular flexibility index (Phi) is 7.97. The van der Waals surface area contributed by atoms with E-state index in [9.17, 15) is 13.2 Å². The van der Waals surface area contributed by atoms with Crippen LogP contribution < -0.4 is 33.1 Å². The SMILES string of the molecule is COc1ccc(CNC(=O)Nc2ccc(S(=O)(=O)Cc3ccc4c(c3)C[NH2+]C4)cc2)cc1.[Cl-]. The van der Waals surface area contributed by atoms with Gasteiger partial charge in [-0.15, -0.1) is 0 Å². The lowest BCUT2D eigenvalue weighted by molar-refractivity contribution is -0.676. The van der Waals surface area contributed by atoms with Crippen LogP contribution in [0.2, 0.25) is 0 Å². The van der Waals surface area contributed by atoms with Gasteiger partial charge in [0.2, 0.25) is 0 Å². The molecule has 0 unspecified atom stereocenters. The number of sulfone groups is 1. The van der Waals surface area contributed by atoms with Gasteiger partial charge in [-0.3, -0.25) is 0 Å². The maximum Gasteiger partial charge on any atom is 0.319 e. The number of rotatable bonds is 7. The van der Waals surface area contributed by atoms with E-state index < -0.39 is 9.84 Å². The van der Waals surface area contributed by atoms with Gasteiger partial charge in [0.05, 0.1) is 17.8 Å². The largest absolute Gasteiger partial charge is 1.00 e. The third-order valence-electron chi connectivity index (χ3n) is 5.44. The van der Waals surface area contributed by atoms with E-state index in [4.69, 9.17) is 4.74 Å². The first kappa shape index (κ1) is 24.6. The molecule has 0 fully saturated rings. The van der Waals surface area contributed by atoms with Crippen molar-refractivity contribution in [1.82, 2.24) is 5.32 Å². The van der Waals surface area contributed by atoms with Crippen molar-refractivity contribution in [3.05, 3.63) is 89.0 Å². The van der Waals surface area contributed by atoms with Crippen LogP contribution in [0.25, 0.3) is 0 Å². The van der Waals surface area contributed by atoms with Crippen LogP contribution in [0.15, 0.2) is 71.6 Å². The van der Waals surface area contributed by atoms with Gasteiger partial charge in [-0.2, -0.15) is 0 Å². The highest BCUT2D eigenvalue weighted by Crippen LogP contribution is 2.21. The number of carbonyl (C=O) groups is 1. The number of halogens is 1. The predicted molar refractivity (Wildman–Crippen MR) is 122 cm³/mol. The van der Waals surface area contributed by atoms with Crippen molar-refractivity contribution in [1.29, 1.82) is 0 Å². The maximum atomic E-state index is 12.8. The summed E-state index contributed by atoms with van der Waals surface area (Å²) in [5, 5.41) is 7.69. The average molecular weight is 488 g/mol. The van der Waals surface area contributed by atoms with Crippen molar-refractivity contribution in [2.45, 2.75) is 30.3 Å². The number of fused-ring (bicyclic) bond motifs is 1. The molecule has 7 nitrogen and oxygen atoms in total. The summed E-state index contributed by atoms with van der Waals surface area (Å²) in [5.41, 5.74) is 4.72. The lowest BCUT2D eigenvalue weighted by Crippen LogP contribution is -3.00. The van der Waals surface area contributed by atoms with Gasteiger partial charge in [-0.1, -0.05) is 24.3 Å². The number of amides is 2. The summed E-state index contributed by atoms with van der Waals surface area (Å²) in [5.74, 6) is 0.706. The molecule has 0 saturated carbocycles. The van der Waals surface area contributed by atoms with Gasteiger partial charge in [0.15, 0.2) is 9.84 Å². The lowest BCUT2D eigenvalue weighted by atomic mass is 10.1. The molecule has 4 rings (SSSR count). The van der Waals surface area contributed by atoms with Crippen molar-refractivity contribution in [2.24, 2.45) is 0 Å². The van der Waals surface area contributed by atoms with Gasteiger partial charge in [0.1, 0.15) is 18.8 Å². The zero-order valence-corrected chi connectivity index (χ0v) is 19.7. The molecule has 1 aliphatic rings. The topological polar surface area (TPSA) is 101 Å². The number of methoxy groups -OCH3 is 1. The molecule has 0 bridgehead atoms. The third-order valence-corrected chi connectivity index (χ3v) is 7.14. The molecule has 0 radical (unpaired) electrons. The molecule has 3 aromatic carbocycles. The second kappa shape index (κ2) is 10.7. The Morgan fingerprint density at radius 2 is 1.61 bits per heavy atom. The highest BCUT2D eigenvalue weighted by Gasteiger charge is 2.19. The molecular formula is C24H26ClN3O4S. The third kappa shape index (κ3) is 6.25. The average Bonchev–Trinajstić information content (AvgIpc) is 3.26. The van der Waals surface area contributed by atoms with Gasteiger partial charge in [-0.05, 0) is 53.6 Å². The number of hydrogen-bond donors (Lipinski definition) is 3. The molecule has 1 heterocycles. The minimum absolute atomic E-state index is 0. The molecular weight excluding hydrogens is 462 g/mol. The van der Waals surface area contributed by atoms with E-state index in [-0.39, 0.29) is 29.1 Å². The van der Waals surface area contributed by atoms with Crippen LogP contribution in [0.3, 0.4) is 0 Å². The summed E-state index contributed by atoms with van der Waals surface area (Å²) in [6, 6.07) is 19.2. The number of benzene rings is 3. The van der Waals surface area contributed by atoms with E-state index in [2.05, 4.69) is 16.0 Å². The van der Waals surface area contributed by atoms with Crippen LogP contribution in [-0.4, -0.2) is 21.6 Å². The highest BCUT2D eigenvalue weighted by molar-refractivity contribution is 7.90. The number of nitrogens with two attached hydrogens (primary N) is 1. The van der Waals surface area contributed by atoms with Crippen molar-refractivity contribution in [3.63, 3.8) is 0 Å². The molecule has 0 atom stereocenters. The van der Waals surface area contributed by atoms with E-state index in [0.29, 0.717) is 12.2 Å². The number of anilines is 1. The lowest BCUT2D eigenvalue weighted by Gasteiger charge is -2.10. The maximum absolute atomic E-state index is 12.8. The van der Waals surface area contributed by atoms with Crippen LogP contribution in [-0.2, 0) is 35.2 Å². The number of hydrogen-bond acceptors (Lipinski definition) is 4. The fourth-order valence-electron chi connectivity index (χ4n) is 3.69. The van der Waals surface area contributed by atoms with E-state index in [1.807, 2.05) is 42.5 Å². The Labute approximate surface area is 199 Å². The molecule has 0 saturated heterocycles. The molecule has 33 heavy (non-hydrogen) atoms. The molecule has 0 spiro atoms. The van der Waals surface area contributed by atoms with E-state index in [1.54, 1.807) is 19.2 Å². The first-order valence-corrected chi connectivity index (χ1v) is 12.0. The Hall–Kier alpha value is -3.07. The van der Waals surface area contributed by atoms with Crippen molar-refractivity contribution in [2.75, 3.05) is 12.4 Å². The monoisotopic (exact) mass is 487 g/mol. The molecule has 3 aromatic rings. The van der Waals surface area contributed by atoms with Crippen LogP contribution >= 0.6 is 0 Å². The summed E-state index contributed by atoms with van der Waals surface area (Å²) in [6.45, 7) is 2.20. The van der Waals surface area contributed by atoms with Crippen molar-refractivity contribution in [3.8, 4) is 5.75 Å². The van der Waals surface area contributed by atoms with Crippen LogP contribution in [0, 0.1) is 0 Å². The van der Waals surface area contributed by atoms with Gasteiger partial charge >= 0.3 is 6.03 Å². The van der Waals surface area contributed by atoms with Gasteiger partial charge in [0, 0.05) is 23.4 Å². The second-order valence-corrected chi connectivity index (χ2v) is 9.73. The van der Waals surface area contributed by atoms with Gasteiger partial charge in [-0.25, -0.2) is 13.2 Å². The van der Waals surface area contributed by atoms with Crippen LogP contribution in [0.5, 0.6) is 5.75 Å². The minimum Gasteiger partial charge on any atom is -1.00 e. The van der Waals surface area contributed by atoms with Crippen molar-refractivity contribution >= 4 is 21.6 Å². The van der Waals surface area contributed by atoms with E-state index in [1.165, 1.54) is 23.3 Å². The van der Waals surface area contributed by atoms with Crippen LogP contribution in [0.4, 0.5) is 10.5 Å². The number of urea groups is 1. The standard InChI is InChI=1S/C24H25N3O4S.ClH/c1-31-22-8-3-17(4-9-22)13-26-24(28)27-21-6-10-23(11-7-21)32(29,30)16-18-2-5-19-14-25-15-20(19)12-18;/h2-12,25H,13-16H2,1H3,(H2,26,27,28);1H. The number of quaternary nitrogens is 1. The highest BCUT2D eigenvalue weighted by atomic mass is 35.5. The molecule has 2 amide bonds. The zero-order chi connectivity index (χ0) is 22.6. The summed E-state index contributed by atoms with van der Waals surface area (Å²) in [4.78, 5) is 12.4. The normalized spacial score (nSPS) is 12.4. The number of ether oxygens (including phenoxy) is 1. The fourth-order valence-corrected chi connectivity index (χ4v) is 5.03. The van der Waals surface area contributed by atoms with Gasteiger partial charge < -0.3 is 33.1 Å². The first-order chi connectivity index (χ1) is 15.4. The summed E-state index contributed by atoms with van der Waals surface area (Å²) >= 11 is 0. The Morgan fingerprint density at radius 1 is 0.939 bits per heavy atom. The zero-order valence-electron chi connectivity index (χ0n) is 18.2. The quantitative estimate of drug-likeness (QED) is 0.421. The molecule has 174 valence electrons. The Balaban J connectivity index is 0.00000306. The molecule has 9 heteroatoms. The smallest absolute Gasteiger partial charge is 0.319 e. The Morgan fingerprint density at radius 3 is 2.30 bits per heavy atom. The molecule has 0 aromatic heterocycles. The summed E-state index contributed by atoms with van der Waals surface area (Å²) in [7, 11) is -1.88. The molecule has 0 aliphatic carbocycles. The van der Waals surface area contributed by atoms with E-state index >= 15 is 0 Å². The Bertz CT molecular complexity index is 1210. The van der Waals surface area contributed by atoms with Gasteiger partial charge in [0.25, 0.3) is 0 Å². The number of carbonyl (C=O) groups excluding carboxylic acids is 1. The van der Waals surface area contributed by atoms with E-state index in [0.717, 1.165) is 30.0 Å². The first-order valence-electron chi connectivity index (χ1n) is 10.4. The number of nitrogens with one attached hydrogen (secondary N) is 2. The fraction of sp³-hybridized carbons (Fsp3) is 0.208.